The van der Waals surface area contributed by atoms with Crippen LogP contribution >= 0.6 is 0 Å². The average Bonchev–Trinajstić information content (AvgIpc) is 2.39. The summed E-state index contributed by atoms with van der Waals surface area (Å²) < 4.78 is 0. The lowest BCUT2D eigenvalue weighted by molar-refractivity contribution is -0.127. The molecule has 1 rings (SSSR count). The minimum Gasteiger partial charge on any atom is -0.394 e. The smallest absolute Gasteiger partial charge is 0.239 e. The standard InChI is InChI=1S/C12H23N3O3/c1-9-2-4-12(8-16,5-3-9)15-11(18)7-14-10(17)6-13/h9,16H,2-8,13H2,1H3,(H,14,17)(H,15,18). The van der Waals surface area contributed by atoms with Crippen molar-refractivity contribution in [1.82, 2.24) is 10.6 Å². The van der Waals surface area contributed by atoms with Crippen LogP contribution in [-0.2, 0) is 9.59 Å². The number of hydrogen-bond acceptors (Lipinski definition) is 4. The molecule has 0 aromatic rings. The number of nitrogens with one attached hydrogen (secondary N) is 2. The first-order chi connectivity index (χ1) is 8.51. The van der Waals surface area contributed by atoms with Gasteiger partial charge in [0.2, 0.25) is 11.8 Å². The highest BCUT2D eigenvalue weighted by Gasteiger charge is 2.34. The minimum atomic E-state index is -0.517. The SMILES string of the molecule is CC1CCC(CO)(NC(=O)CNC(=O)CN)CC1. The summed E-state index contributed by atoms with van der Waals surface area (Å²) in [5, 5.41) is 14.7. The van der Waals surface area contributed by atoms with Crippen molar-refractivity contribution in [2.24, 2.45) is 11.7 Å². The van der Waals surface area contributed by atoms with E-state index in [9.17, 15) is 14.7 Å². The van der Waals surface area contributed by atoms with Crippen molar-refractivity contribution in [3.63, 3.8) is 0 Å². The fraction of sp³-hybridized carbons (Fsp3) is 0.833. The molecular weight excluding hydrogens is 234 g/mol. The van der Waals surface area contributed by atoms with Gasteiger partial charge >= 0.3 is 0 Å². The van der Waals surface area contributed by atoms with Crippen molar-refractivity contribution >= 4 is 11.8 Å². The first-order valence-electron chi connectivity index (χ1n) is 6.40. The molecule has 18 heavy (non-hydrogen) atoms. The summed E-state index contributed by atoms with van der Waals surface area (Å²) in [6, 6.07) is 0. The van der Waals surface area contributed by atoms with Gasteiger partial charge in [-0.15, -0.1) is 0 Å². The van der Waals surface area contributed by atoms with Crippen LogP contribution in [-0.4, -0.2) is 42.2 Å². The number of carbonyl (C=O) groups excluding carboxylic acids is 2. The second-order valence-electron chi connectivity index (χ2n) is 5.15. The van der Waals surface area contributed by atoms with E-state index in [1.165, 1.54) is 0 Å². The molecule has 0 bridgehead atoms. The van der Waals surface area contributed by atoms with Gasteiger partial charge in [-0.3, -0.25) is 9.59 Å². The molecule has 0 spiro atoms. The van der Waals surface area contributed by atoms with E-state index in [0.717, 1.165) is 25.7 Å². The number of rotatable bonds is 5. The predicted molar refractivity (Wildman–Crippen MR) is 67.7 cm³/mol. The van der Waals surface area contributed by atoms with Crippen molar-refractivity contribution in [3.05, 3.63) is 0 Å². The Morgan fingerprint density at radius 3 is 2.44 bits per heavy atom. The highest BCUT2D eigenvalue weighted by molar-refractivity contribution is 5.85. The monoisotopic (exact) mass is 257 g/mol. The van der Waals surface area contributed by atoms with Crippen molar-refractivity contribution in [3.8, 4) is 0 Å². The average molecular weight is 257 g/mol. The summed E-state index contributed by atoms with van der Waals surface area (Å²) in [6.45, 7) is 1.89. The van der Waals surface area contributed by atoms with E-state index in [-0.39, 0.29) is 31.5 Å². The van der Waals surface area contributed by atoms with E-state index in [2.05, 4.69) is 17.6 Å². The van der Waals surface area contributed by atoms with Crippen LogP contribution in [0.4, 0.5) is 0 Å². The molecule has 0 heterocycles. The first-order valence-corrected chi connectivity index (χ1v) is 6.40. The number of aliphatic hydroxyl groups is 1. The zero-order valence-electron chi connectivity index (χ0n) is 10.9. The second-order valence-corrected chi connectivity index (χ2v) is 5.15. The van der Waals surface area contributed by atoms with E-state index in [0.29, 0.717) is 5.92 Å². The van der Waals surface area contributed by atoms with Gasteiger partial charge in [-0.2, -0.15) is 0 Å². The van der Waals surface area contributed by atoms with Gasteiger partial charge in [0.15, 0.2) is 0 Å². The highest BCUT2D eigenvalue weighted by Crippen LogP contribution is 2.31. The topological polar surface area (TPSA) is 104 Å². The number of nitrogens with two attached hydrogens (primary N) is 1. The molecule has 2 amide bonds. The zero-order valence-corrected chi connectivity index (χ0v) is 10.9. The Bertz CT molecular complexity index is 299. The maximum atomic E-state index is 11.7. The molecule has 1 saturated carbocycles. The fourth-order valence-electron chi connectivity index (χ4n) is 2.23. The molecule has 0 aromatic heterocycles. The summed E-state index contributed by atoms with van der Waals surface area (Å²) in [4.78, 5) is 22.6. The molecule has 6 heteroatoms. The molecular formula is C12H23N3O3. The van der Waals surface area contributed by atoms with Gasteiger partial charge in [-0.05, 0) is 31.6 Å². The predicted octanol–water partition coefficient (Wildman–Crippen LogP) is -0.881. The molecule has 0 saturated heterocycles. The molecule has 104 valence electrons. The highest BCUT2D eigenvalue weighted by atomic mass is 16.3. The van der Waals surface area contributed by atoms with Crippen LogP contribution in [0.3, 0.4) is 0 Å². The van der Waals surface area contributed by atoms with E-state index in [1.54, 1.807) is 0 Å². The Morgan fingerprint density at radius 2 is 1.94 bits per heavy atom. The van der Waals surface area contributed by atoms with Gasteiger partial charge in [0, 0.05) is 0 Å². The molecule has 0 radical (unpaired) electrons. The van der Waals surface area contributed by atoms with Gasteiger partial charge in [-0.25, -0.2) is 0 Å². The molecule has 6 nitrogen and oxygen atoms in total. The summed E-state index contributed by atoms with van der Waals surface area (Å²) in [5.74, 6) is -0.000567. The Balaban J connectivity index is 2.42. The molecule has 5 N–H and O–H groups in total. The second kappa shape index (κ2) is 6.70. The molecule has 0 unspecified atom stereocenters. The van der Waals surface area contributed by atoms with E-state index >= 15 is 0 Å². The molecule has 0 aromatic carbocycles. The lowest BCUT2D eigenvalue weighted by Gasteiger charge is -2.38. The lowest BCUT2D eigenvalue weighted by Crippen LogP contribution is -2.55. The van der Waals surface area contributed by atoms with Crippen LogP contribution in [0.25, 0.3) is 0 Å². The quantitative estimate of drug-likeness (QED) is 0.513. The lowest BCUT2D eigenvalue weighted by atomic mass is 9.77. The van der Waals surface area contributed by atoms with Gasteiger partial charge in [-0.1, -0.05) is 6.92 Å². The normalized spacial score (nSPS) is 27.6. The van der Waals surface area contributed by atoms with Crippen LogP contribution in [0.15, 0.2) is 0 Å². The third kappa shape index (κ3) is 4.27. The van der Waals surface area contributed by atoms with Gasteiger partial charge in [0.05, 0.1) is 25.2 Å². The molecule has 0 aliphatic heterocycles. The summed E-state index contributed by atoms with van der Waals surface area (Å²) in [7, 11) is 0. The molecule has 0 atom stereocenters. The fourth-order valence-corrected chi connectivity index (χ4v) is 2.23. The van der Waals surface area contributed by atoms with Crippen molar-refractivity contribution in [2.45, 2.75) is 38.1 Å². The van der Waals surface area contributed by atoms with Crippen LogP contribution < -0.4 is 16.4 Å². The number of aliphatic hydroxyl groups excluding tert-OH is 1. The maximum absolute atomic E-state index is 11.7. The van der Waals surface area contributed by atoms with E-state index in [4.69, 9.17) is 5.73 Å². The molecule has 1 aliphatic carbocycles. The maximum Gasteiger partial charge on any atom is 0.239 e. The largest absolute Gasteiger partial charge is 0.394 e. The third-order valence-corrected chi connectivity index (χ3v) is 3.57. The van der Waals surface area contributed by atoms with Crippen molar-refractivity contribution in [2.75, 3.05) is 19.7 Å². The Morgan fingerprint density at radius 1 is 1.33 bits per heavy atom. The zero-order chi connectivity index (χ0) is 13.6. The summed E-state index contributed by atoms with van der Waals surface area (Å²) >= 11 is 0. The first kappa shape index (κ1) is 14.9. The van der Waals surface area contributed by atoms with Gasteiger partial charge < -0.3 is 21.5 Å². The summed E-state index contributed by atoms with van der Waals surface area (Å²) in [6.07, 6.45) is 3.55. The Hall–Kier alpha value is -1.14. The third-order valence-electron chi connectivity index (χ3n) is 3.57. The van der Waals surface area contributed by atoms with Crippen LogP contribution in [0, 0.1) is 5.92 Å². The Kier molecular flexibility index (Phi) is 5.55. The Labute approximate surface area is 107 Å². The number of amides is 2. The van der Waals surface area contributed by atoms with Crippen molar-refractivity contribution < 1.29 is 14.7 Å². The van der Waals surface area contributed by atoms with Crippen molar-refractivity contribution in [1.29, 1.82) is 0 Å². The summed E-state index contributed by atoms with van der Waals surface area (Å²) in [5.41, 5.74) is 4.61. The van der Waals surface area contributed by atoms with Gasteiger partial charge in [0.25, 0.3) is 0 Å². The molecule has 1 aliphatic rings. The van der Waals surface area contributed by atoms with Crippen LogP contribution in [0.1, 0.15) is 32.6 Å². The van der Waals surface area contributed by atoms with E-state index in [1.807, 2.05) is 0 Å². The van der Waals surface area contributed by atoms with Crippen LogP contribution in [0.2, 0.25) is 0 Å². The van der Waals surface area contributed by atoms with Crippen LogP contribution in [0.5, 0.6) is 0 Å². The minimum absolute atomic E-state index is 0.0592. The molecule has 1 fully saturated rings. The van der Waals surface area contributed by atoms with Gasteiger partial charge in [0.1, 0.15) is 0 Å². The van der Waals surface area contributed by atoms with E-state index < -0.39 is 5.54 Å². The number of hydrogen-bond donors (Lipinski definition) is 4. The number of carbonyl (C=O) groups is 2.